The number of sulfone groups is 1. The third kappa shape index (κ3) is 11.1. The summed E-state index contributed by atoms with van der Waals surface area (Å²) in [6.07, 6.45) is 13.2. The van der Waals surface area contributed by atoms with E-state index in [-0.39, 0.29) is 47.5 Å². The Kier molecular flexibility index (Phi) is 14.1. The molecule has 4 saturated carbocycles. The highest BCUT2D eigenvalue weighted by atomic mass is 32.2. The van der Waals surface area contributed by atoms with Crippen molar-refractivity contribution in [1.29, 1.82) is 0 Å². The molecule has 4 aliphatic carbocycles. The number of nitrogens with zero attached hydrogens (tertiary/aromatic N) is 6. The molecule has 2 heterocycles. The topological polar surface area (TPSA) is 195 Å². The first-order valence-corrected chi connectivity index (χ1v) is 24.3. The molecule has 0 saturated heterocycles. The van der Waals surface area contributed by atoms with Gasteiger partial charge in [-0.05, 0) is 87.5 Å². The van der Waals surface area contributed by atoms with E-state index in [9.17, 15) is 22.2 Å². The summed E-state index contributed by atoms with van der Waals surface area (Å²) in [6.45, 7) is 4.69. The molecule has 0 radical (unpaired) electrons. The number of aromatic nitrogens is 6. The van der Waals surface area contributed by atoms with Gasteiger partial charge in [-0.2, -0.15) is 0 Å². The van der Waals surface area contributed by atoms with Gasteiger partial charge >= 0.3 is 12.1 Å². The first-order chi connectivity index (χ1) is 28.6. The van der Waals surface area contributed by atoms with Gasteiger partial charge in [0, 0.05) is 54.1 Å². The van der Waals surface area contributed by atoms with E-state index in [1.54, 1.807) is 4.57 Å². The van der Waals surface area contributed by atoms with E-state index in [4.69, 9.17) is 0 Å². The van der Waals surface area contributed by atoms with Crippen molar-refractivity contribution in [2.45, 2.75) is 125 Å². The molecule has 5 unspecified atom stereocenters. The molecule has 0 spiro atoms. The number of carbonyl (C=O) groups excluding carboxylic acids is 2. The quantitative estimate of drug-likeness (QED) is 0.119. The van der Waals surface area contributed by atoms with Crippen LogP contribution < -0.4 is 21.3 Å². The van der Waals surface area contributed by atoms with E-state index in [1.165, 1.54) is 12.8 Å². The Labute approximate surface area is 349 Å². The van der Waals surface area contributed by atoms with Crippen molar-refractivity contribution in [3.63, 3.8) is 0 Å². The van der Waals surface area contributed by atoms with Crippen LogP contribution in [0.5, 0.6) is 0 Å². The Bertz CT molecular complexity index is 2160. The summed E-state index contributed by atoms with van der Waals surface area (Å²) < 4.78 is 42.5. The van der Waals surface area contributed by atoms with Crippen LogP contribution in [-0.2, 0) is 20.6 Å². The first-order valence-electron chi connectivity index (χ1n) is 21.3. The highest BCUT2D eigenvalue weighted by molar-refractivity contribution is 7.91. The predicted molar refractivity (Wildman–Crippen MR) is 226 cm³/mol. The minimum atomic E-state index is -3.72. The van der Waals surface area contributed by atoms with E-state index in [0.29, 0.717) is 41.0 Å². The second-order valence-corrected chi connectivity index (χ2v) is 19.9. The molecule has 2 aromatic carbocycles. The van der Waals surface area contributed by atoms with Gasteiger partial charge < -0.3 is 21.3 Å². The van der Waals surface area contributed by atoms with E-state index >= 15 is 0 Å². The summed E-state index contributed by atoms with van der Waals surface area (Å²) in [7, 11) is -5.06. The van der Waals surface area contributed by atoms with Crippen molar-refractivity contribution in [3.8, 4) is 11.4 Å². The molecular formula is C42H58N10O5S2. The molecule has 318 valence electrons. The summed E-state index contributed by atoms with van der Waals surface area (Å²) in [6, 6.07) is 19.0. The third-order valence-corrected chi connectivity index (χ3v) is 14.6. The zero-order valence-corrected chi connectivity index (χ0v) is 35.7. The largest absolute Gasteiger partial charge is 0.337 e. The summed E-state index contributed by atoms with van der Waals surface area (Å²) >= 11 is 0. The van der Waals surface area contributed by atoms with Crippen molar-refractivity contribution >= 4 is 32.7 Å². The number of carbonyl (C=O) groups is 2. The van der Waals surface area contributed by atoms with Crippen LogP contribution in [-0.4, -0.2) is 90.9 Å². The fraction of sp³-hybridized carbons (Fsp3) is 0.571. The lowest BCUT2D eigenvalue weighted by molar-refractivity contribution is 0.221. The van der Waals surface area contributed by atoms with Crippen LogP contribution in [0.3, 0.4) is 0 Å². The van der Waals surface area contributed by atoms with Gasteiger partial charge in [-0.3, -0.25) is 13.3 Å². The van der Waals surface area contributed by atoms with E-state index in [2.05, 4.69) is 55.5 Å². The van der Waals surface area contributed by atoms with Crippen molar-refractivity contribution in [2.24, 2.45) is 11.8 Å². The number of hydrogen-bond acceptors (Lipinski definition) is 9. The summed E-state index contributed by atoms with van der Waals surface area (Å²) in [5.74, 6) is 3.26. The Balaban J connectivity index is 0.000000179. The van der Waals surface area contributed by atoms with Crippen LogP contribution in [0.15, 0.2) is 71.0 Å². The number of nitrogens with one attached hydrogen (secondary N) is 4. The van der Waals surface area contributed by atoms with Crippen molar-refractivity contribution < 1.29 is 22.2 Å². The van der Waals surface area contributed by atoms with Gasteiger partial charge in [0.25, 0.3) is 5.16 Å². The lowest BCUT2D eigenvalue weighted by Gasteiger charge is -2.29. The number of hydrogen-bond donors (Lipinski definition) is 4. The SMILES string of the molecule is CC1CCCCC1NC(=O)NCCS(=O)(=O)c1nnc(C2CC2)n1-c1ccccc1.CC1CCCCC1NC(=O)NCCS(=O)c1nnc(C2CC2)n1-c1ccccc1. The zero-order chi connectivity index (χ0) is 41.4. The van der Waals surface area contributed by atoms with Gasteiger partial charge in [0.15, 0.2) is 0 Å². The molecular weight excluding hydrogens is 789 g/mol. The zero-order valence-electron chi connectivity index (χ0n) is 34.1. The molecule has 4 fully saturated rings. The first kappa shape index (κ1) is 42.5. The Hall–Kier alpha value is -4.64. The fourth-order valence-corrected chi connectivity index (χ4v) is 10.2. The summed E-state index contributed by atoms with van der Waals surface area (Å²) in [5.41, 5.74) is 1.67. The maximum absolute atomic E-state index is 13.0. The van der Waals surface area contributed by atoms with Crippen LogP contribution >= 0.6 is 0 Å². The van der Waals surface area contributed by atoms with Gasteiger partial charge in [-0.15, -0.1) is 20.4 Å². The molecule has 4 aromatic rings. The Morgan fingerprint density at radius 3 is 1.64 bits per heavy atom. The molecule has 0 bridgehead atoms. The number of urea groups is 2. The predicted octanol–water partition coefficient (Wildman–Crippen LogP) is 5.93. The highest BCUT2D eigenvalue weighted by Gasteiger charge is 2.35. The van der Waals surface area contributed by atoms with Gasteiger partial charge in [-0.25, -0.2) is 18.0 Å². The maximum Gasteiger partial charge on any atom is 0.315 e. The molecule has 59 heavy (non-hydrogen) atoms. The molecule has 4 aliphatic rings. The van der Waals surface area contributed by atoms with Crippen molar-refractivity contribution in [2.75, 3.05) is 24.6 Å². The fourth-order valence-electron chi connectivity index (χ4n) is 8.00. The molecule has 4 N–H and O–H groups in total. The highest BCUT2D eigenvalue weighted by Crippen LogP contribution is 2.41. The normalized spacial score (nSPS) is 22.3. The van der Waals surface area contributed by atoms with Crippen LogP contribution in [0, 0.1) is 11.8 Å². The van der Waals surface area contributed by atoms with Crippen molar-refractivity contribution in [3.05, 3.63) is 72.3 Å². The third-order valence-electron chi connectivity index (χ3n) is 11.8. The molecule has 0 aliphatic heterocycles. The number of rotatable bonds is 14. The van der Waals surface area contributed by atoms with Crippen molar-refractivity contribution in [1.82, 2.24) is 50.8 Å². The van der Waals surface area contributed by atoms with Gasteiger partial charge in [0.1, 0.15) is 11.6 Å². The molecule has 5 atom stereocenters. The van der Waals surface area contributed by atoms with E-state index in [0.717, 1.165) is 81.4 Å². The number of amides is 4. The minimum absolute atomic E-state index is 0.0235. The Morgan fingerprint density at radius 2 is 1.12 bits per heavy atom. The lowest BCUT2D eigenvalue weighted by Crippen LogP contribution is -2.47. The molecule has 4 amide bonds. The maximum atomic E-state index is 13.0. The van der Waals surface area contributed by atoms with E-state index in [1.807, 2.05) is 65.2 Å². The standard InChI is InChI=1S/C21H29N5O3S.C21H29N5O2S/c1-15-7-5-6-10-18(15)23-20(27)22-13-14-30(28,29)21-25-24-19(16-11-12-16)26(21)17-8-3-2-4-9-17;1-15-7-5-6-10-18(15)23-20(27)22-13-14-29(28)21-25-24-19(16-11-12-16)26(21)17-8-3-2-4-9-17/h2-4,8-9,15-16,18H,5-7,10-14H2,1H3,(H2,22,23,27);2-4,8-9,15-16,18H,5-7,10-14H2,1H3,(H2,22,23,27). The van der Waals surface area contributed by atoms with Crippen LogP contribution in [0.25, 0.3) is 11.4 Å². The molecule has 17 heteroatoms. The average Bonchev–Trinajstić information content (AvgIpc) is 4.18. The summed E-state index contributed by atoms with van der Waals surface area (Å²) in [4.78, 5) is 24.4. The number of para-hydroxylation sites is 2. The Morgan fingerprint density at radius 1 is 0.644 bits per heavy atom. The molecule has 8 rings (SSSR count). The lowest BCUT2D eigenvalue weighted by atomic mass is 9.86. The van der Waals surface area contributed by atoms with Crippen LogP contribution in [0.1, 0.15) is 114 Å². The van der Waals surface area contributed by atoms with Gasteiger partial charge in [0.05, 0.1) is 16.6 Å². The minimum Gasteiger partial charge on any atom is -0.337 e. The van der Waals surface area contributed by atoms with Crippen LogP contribution in [0.2, 0.25) is 0 Å². The van der Waals surface area contributed by atoms with Crippen LogP contribution in [0.4, 0.5) is 9.59 Å². The second kappa shape index (κ2) is 19.6. The summed E-state index contributed by atoms with van der Waals surface area (Å²) in [5, 5.41) is 28.8. The smallest absolute Gasteiger partial charge is 0.315 e. The second-order valence-electron chi connectivity index (χ2n) is 16.5. The monoisotopic (exact) mass is 846 g/mol. The number of benzene rings is 2. The average molecular weight is 847 g/mol. The van der Waals surface area contributed by atoms with Gasteiger partial charge in [0.2, 0.25) is 15.0 Å². The van der Waals surface area contributed by atoms with E-state index < -0.39 is 20.6 Å². The van der Waals surface area contributed by atoms with Gasteiger partial charge in [-0.1, -0.05) is 75.9 Å². The molecule has 2 aromatic heterocycles. The molecule has 15 nitrogen and oxygen atoms in total.